The van der Waals surface area contributed by atoms with Crippen LogP contribution in [0.2, 0.25) is 0 Å². The maximum Gasteiger partial charge on any atom is 0.272 e. The van der Waals surface area contributed by atoms with E-state index in [0.29, 0.717) is 27.7 Å². The number of rotatable bonds is 10. The largest absolute Gasteiger partial charge is 0.497 e. The Hall–Kier alpha value is -4.48. The van der Waals surface area contributed by atoms with Gasteiger partial charge < -0.3 is 15.4 Å². The van der Waals surface area contributed by atoms with Crippen LogP contribution in [-0.2, 0) is 9.59 Å². The van der Waals surface area contributed by atoms with Crippen LogP contribution >= 0.6 is 23.1 Å². The van der Waals surface area contributed by atoms with E-state index >= 15 is 0 Å². The van der Waals surface area contributed by atoms with E-state index in [2.05, 4.69) is 26.1 Å². The molecule has 0 bridgehead atoms. The number of nitrogens with one attached hydrogen (secondary N) is 3. The Balaban J connectivity index is 1.41. The second-order valence-electron chi connectivity index (χ2n) is 8.09. The molecule has 0 saturated carbocycles. The van der Waals surface area contributed by atoms with Crippen LogP contribution in [0.3, 0.4) is 0 Å². The SMILES string of the molecule is COc1ccc(C=C(NC(=O)c2ccccc2)C(=O)Nc2ccc(SCC(=O)Nc3nnc(C)s3)cc2)cc1. The van der Waals surface area contributed by atoms with Crippen molar-refractivity contribution in [3.8, 4) is 5.75 Å². The Labute approximate surface area is 233 Å². The summed E-state index contributed by atoms with van der Waals surface area (Å²) >= 11 is 2.66. The van der Waals surface area contributed by atoms with Crippen LogP contribution in [0, 0.1) is 6.92 Å². The topological polar surface area (TPSA) is 122 Å². The number of hydrogen-bond donors (Lipinski definition) is 3. The molecular weight excluding hydrogens is 534 g/mol. The molecule has 1 aromatic heterocycles. The highest BCUT2D eigenvalue weighted by atomic mass is 32.2. The van der Waals surface area contributed by atoms with Gasteiger partial charge in [0.1, 0.15) is 16.5 Å². The molecule has 0 fully saturated rings. The van der Waals surface area contributed by atoms with Crippen molar-refractivity contribution in [1.29, 1.82) is 0 Å². The molecule has 0 aliphatic carbocycles. The first-order valence-electron chi connectivity index (χ1n) is 11.8. The summed E-state index contributed by atoms with van der Waals surface area (Å²) in [4.78, 5) is 39.0. The van der Waals surface area contributed by atoms with E-state index in [9.17, 15) is 14.4 Å². The molecule has 0 atom stereocenters. The van der Waals surface area contributed by atoms with Crippen molar-refractivity contribution >= 4 is 57.7 Å². The van der Waals surface area contributed by atoms with Gasteiger partial charge in [-0.2, -0.15) is 0 Å². The minimum atomic E-state index is -0.484. The molecule has 0 aliphatic rings. The zero-order valence-corrected chi connectivity index (χ0v) is 22.8. The lowest BCUT2D eigenvalue weighted by Crippen LogP contribution is -2.30. The lowest BCUT2D eigenvalue weighted by atomic mass is 10.1. The maximum absolute atomic E-state index is 13.2. The summed E-state index contributed by atoms with van der Waals surface area (Å²) in [5.74, 6) is -0.195. The fourth-order valence-electron chi connectivity index (χ4n) is 3.29. The van der Waals surface area contributed by atoms with Crippen LogP contribution in [0.4, 0.5) is 10.8 Å². The molecule has 11 heteroatoms. The number of carbonyl (C=O) groups is 3. The Morgan fingerprint density at radius 1 is 0.923 bits per heavy atom. The van der Waals surface area contributed by atoms with Gasteiger partial charge in [0.25, 0.3) is 11.8 Å². The van der Waals surface area contributed by atoms with Crippen LogP contribution in [0.25, 0.3) is 6.08 Å². The van der Waals surface area contributed by atoms with Gasteiger partial charge in [-0.25, -0.2) is 0 Å². The van der Waals surface area contributed by atoms with Gasteiger partial charge in [-0.3, -0.25) is 19.7 Å². The van der Waals surface area contributed by atoms with E-state index in [1.165, 1.54) is 23.1 Å². The highest BCUT2D eigenvalue weighted by Gasteiger charge is 2.15. The van der Waals surface area contributed by atoms with Crippen molar-refractivity contribution in [3.05, 3.63) is 101 Å². The standard InChI is InChI=1S/C28H25N5O4S2/c1-18-32-33-28(39-18)31-25(34)17-38-23-14-10-21(11-15-23)29-27(36)24(16-19-8-12-22(37-2)13-9-19)30-26(35)20-6-4-3-5-7-20/h3-16H,17H2,1-2H3,(H,29,36)(H,30,35)(H,31,33,34). The molecule has 4 rings (SSSR count). The number of carbonyl (C=O) groups excluding carboxylic acids is 3. The molecule has 198 valence electrons. The first-order chi connectivity index (χ1) is 18.9. The van der Waals surface area contributed by atoms with Crippen molar-refractivity contribution in [1.82, 2.24) is 15.5 Å². The number of benzene rings is 3. The van der Waals surface area contributed by atoms with Crippen LogP contribution in [0.1, 0.15) is 20.9 Å². The molecule has 3 aromatic carbocycles. The average Bonchev–Trinajstić information content (AvgIpc) is 3.37. The van der Waals surface area contributed by atoms with Crippen molar-refractivity contribution in [2.45, 2.75) is 11.8 Å². The number of methoxy groups -OCH3 is 1. The Morgan fingerprint density at radius 2 is 1.64 bits per heavy atom. The second-order valence-corrected chi connectivity index (χ2v) is 10.3. The van der Waals surface area contributed by atoms with E-state index in [1.807, 2.05) is 13.0 Å². The fourth-order valence-corrected chi connectivity index (χ4v) is 4.60. The van der Waals surface area contributed by atoms with Gasteiger partial charge in [0, 0.05) is 16.1 Å². The van der Waals surface area contributed by atoms with Crippen LogP contribution in [0.5, 0.6) is 5.75 Å². The molecule has 0 spiro atoms. The zero-order chi connectivity index (χ0) is 27.6. The number of nitrogens with zero attached hydrogens (tertiary/aromatic N) is 2. The van der Waals surface area contributed by atoms with E-state index in [0.717, 1.165) is 9.90 Å². The van der Waals surface area contributed by atoms with Gasteiger partial charge in [0.15, 0.2) is 0 Å². The van der Waals surface area contributed by atoms with Gasteiger partial charge in [-0.05, 0) is 67.1 Å². The summed E-state index contributed by atoms with van der Waals surface area (Å²) in [6.07, 6.45) is 1.60. The third kappa shape index (κ3) is 8.25. The molecule has 9 nitrogen and oxygen atoms in total. The molecule has 0 unspecified atom stereocenters. The third-order valence-electron chi connectivity index (χ3n) is 5.21. The fraction of sp³-hybridized carbons (Fsp3) is 0.107. The predicted octanol–water partition coefficient (Wildman–Crippen LogP) is 5.00. The number of hydrogen-bond acceptors (Lipinski definition) is 8. The normalized spacial score (nSPS) is 11.0. The van der Waals surface area contributed by atoms with Crippen LogP contribution < -0.4 is 20.7 Å². The number of ether oxygens (including phenoxy) is 1. The molecule has 3 N–H and O–H groups in total. The van der Waals surface area contributed by atoms with Gasteiger partial charge in [-0.15, -0.1) is 22.0 Å². The molecule has 0 saturated heterocycles. The van der Waals surface area contributed by atoms with Crippen molar-refractivity contribution in [3.63, 3.8) is 0 Å². The third-order valence-corrected chi connectivity index (χ3v) is 6.98. The summed E-state index contributed by atoms with van der Waals surface area (Å²) in [5, 5.41) is 17.3. The van der Waals surface area contributed by atoms with Gasteiger partial charge >= 0.3 is 0 Å². The van der Waals surface area contributed by atoms with Crippen molar-refractivity contribution in [2.75, 3.05) is 23.5 Å². The zero-order valence-electron chi connectivity index (χ0n) is 21.1. The molecule has 0 aliphatic heterocycles. The molecule has 4 aromatic rings. The smallest absolute Gasteiger partial charge is 0.272 e. The number of aromatic nitrogens is 2. The van der Waals surface area contributed by atoms with Crippen LogP contribution in [0.15, 0.2) is 89.5 Å². The predicted molar refractivity (Wildman–Crippen MR) is 154 cm³/mol. The second kappa shape index (κ2) is 13.4. The lowest BCUT2D eigenvalue weighted by Gasteiger charge is -2.12. The molecule has 39 heavy (non-hydrogen) atoms. The van der Waals surface area contributed by atoms with Gasteiger partial charge in [0.05, 0.1) is 12.9 Å². The highest BCUT2D eigenvalue weighted by molar-refractivity contribution is 8.00. The first-order valence-corrected chi connectivity index (χ1v) is 13.6. The Morgan fingerprint density at radius 3 is 2.28 bits per heavy atom. The Kier molecular flexibility index (Phi) is 9.44. The summed E-state index contributed by atoms with van der Waals surface area (Å²) in [5.41, 5.74) is 1.75. The Bertz CT molecular complexity index is 1470. The minimum Gasteiger partial charge on any atom is -0.497 e. The minimum absolute atomic E-state index is 0.0797. The number of anilines is 2. The summed E-state index contributed by atoms with van der Waals surface area (Å²) in [6.45, 7) is 1.82. The summed E-state index contributed by atoms with van der Waals surface area (Å²) in [7, 11) is 1.57. The maximum atomic E-state index is 13.2. The molecule has 3 amide bonds. The van der Waals surface area contributed by atoms with Crippen LogP contribution in [-0.4, -0.2) is 40.8 Å². The number of amides is 3. The number of thioether (sulfide) groups is 1. The average molecular weight is 560 g/mol. The van der Waals surface area contributed by atoms with Gasteiger partial charge in [0.2, 0.25) is 11.0 Å². The van der Waals surface area contributed by atoms with Gasteiger partial charge in [-0.1, -0.05) is 41.7 Å². The highest BCUT2D eigenvalue weighted by Crippen LogP contribution is 2.22. The van der Waals surface area contributed by atoms with Crippen molar-refractivity contribution in [2.24, 2.45) is 0 Å². The number of aryl methyl sites for hydroxylation is 1. The summed E-state index contributed by atoms with van der Waals surface area (Å²) < 4.78 is 5.19. The lowest BCUT2D eigenvalue weighted by molar-refractivity contribution is -0.114. The molecule has 1 heterocycles. The summed E-state index contributed by atoms with van der Waals surface area (Å²) in [6, 6.07) is 22.8. The van der Waals surface area contributed by atoms with E-state index in [4.69, 9.17) is 4.74 Å². The van der Waals surface area contributed by atoms with E-state index in [1.54, 1.807) is 86.0 Å². The monoisotopic (exact) mass is 559 g/mol. The quantitative estimate of drug-likeness (QED) is 0.185. The van der Waals surface area contributed by atoms with E-state index in [-0.39, 0.29) is 17.4 Å². The van der Waals surface area contributed by atoms with Crippen molar-refractivity contribution < 1.29 is 19.1 Å². The molecular formula is C28H25N5O4S2. The van der Waals surface area contributed by atoms with E-state index < -0.39 is 11.8 Å². The molecule has 0 radical (unpaired) electrons. The first kappa shape index (κ1) is 27.6.